The standard InChI is InChI=1S/C24H24Cl2N2O2/c1-16-5-2-3-8-22(16)28-24(29)19(14-27)12-18-13-21(26)9-10-23(18)30-15-17-6-4-7-20(25)11-17/h4,6-7,9-13,16,22H,2-3,5,8,15H2,1H3,(H,28,29)/b19-12+/t16-,22-/m0/s1. The zero-order valence-electron chi connectivity index (χ0n) is 16.8. The van der Waals surface area contributed by atoms with Gasteiger partial charge in [-0.2, -0.15) is 5.26 Å². The van der Waals surface area contributed by atoms with Gasteiger partial charge in [0.1, 0.15) is 24.0 Å². The maximum atomic E-state index is 12.7. The molecule has 0 aliphatic heterocycles. The van der Waals surface area contributed by atoms with Gasteiger partial charge >= 0.3 is 0 Å². The third-order valence-corrected chi connectivity index (χ3v) is 5.82. The summed E-state index contributed by atoms with van der Waals surface area (Å²) in [5.74, 6) is 0.577. The van der Waals surface area contributed by atoms with Crippen molar-refractivity contribution in [1.29, 1.82) is 5.26 Å². The molecular formula is C24H24Cl2N2O2. The number of carbonyl (C=O) groups is 1. The number of rotatable bonds is 6. The largest absolute Gasteiger partial charge is 0.488 e. The molecule has 0 unspecified atom stereocenters. The van der Waals surface area contributed by atoms with Crippen LogP contribution in [0.4, 0.5) is 0 Å². The third kappa shape index (κ3) is 6.01. The van der Waals surface area contributed by atoms with Crippen LogP contribution in [0.2, 0.25) is 10.0 Å². The van der Waals surface area contributed by atoms with E-state index in [0.29, 0.717) is 33.9 Å². The van der Waals surface area contributed by atoms with E-state index in [4.69, 9.17) is 27.9 Å². The first-order valence-electron chi connectivity index (χ1n) is 10.1. The maximum absolute atomic E-state index is 12.7. The molecule has 30 heavy (non-hydrogen) atoms. The number of benzene rings is 2. The van der Waals surface area contributed by atoms with Crippen molar-refractivity contribution in [2.24, 2.45) is 5.92 Å². The molecule has 0 heterocycles. The second kappa shape index (κ2) is 10.5. The minimum atomic E-state index is -0.364. The molecule has 2 aromatic rings. The van der Waals surface area contributed by atoms with Crippen molar-refractivity contribution in [3.8, 4) is 11.8 Å². The second-order valence-corrected chi connectivity index (χ2v) is 8.49. The van der Waals surface area contributed by atoms with Gasteiger partial charge in [0.25, 0.3) is 5.91 Å². The first-order chi connectivity index (χ1) is 14.5. The van der Waals surface area contributed by atoms with Gasteiger partial charge in [0.05, 0.1) is 0 Å². The van der Waals surface area contributed by atoms with E-state index in [-0.39, 0.29) is 17.5 Å². The van der Waals surface area contributed by atoms with Crippen LogP contribution in [0.3, 0.4) is 0 Å². The average Bonchev–Trinajstić information content (AvgIpc) is 2.73. The van der Waals surface area contributed by atoms with E-state index in [1.54, 1.807) is 24.3 Å². The van der Waals surface area contributed by atoms with E-state index in [1.165, 1.54) is 12.5 Å². The minimum absolute atomic E-state index is 0.0302. The highest BCUT2D eigenvalue weighted by Gasteiger charge is 2.24. The molecule has 1 aliphatic rings. The van der Waals surface area contributed by atoms with Gasteiger partial charge in [-0.15, -0.1) is 0 Å². The van der Waals surface area contributed by atoms with E-state index in [1.807, 2.05) is 24.3 Å². The molecule has 4 nitrogen and oxygen atoms in total. The van der Waals surface area contributed by atoms with Crippen molar-refractivity contribution in [2.75, 3.05) is 0 Å². The van der Waals surface area contributed by atoms with Crippen LogP contribution in [0.15, 0.2) is 48.0 Å². The molecule has 1 saturated carbocycles. The van der Waals surface area contributed by atoms with E-state index in [9.17, 15) is 10.1 Å². The minimum Gasteiger partial charge on any atom is -0.488 e. The van der Waals surface area contributed by atoms with Gasteiger partial charge in [-0.25, -0.2) is 0 Å². The van der Waals surface area contributed by atoms with Crippen LogP contribution in [0.1, 0.15) is 43.7 Å². The Labute approximate surface area is 187 Å². The summed E-state index contributed by atoms with van der Waals surface area (Å²) in [7, 11) is 0. The molecule has 156 valence electrons. The lowest BCUT2D eigenvalue weighted by molar-refractivity contribution is -0.118. The molecule has 0 aromatic heterocycles. The summed E-state index contributed by atoms with van der Waals surface area (Å²) in [6.45, 7) is 2.44. The van der Waals surface area contributed by atoms with Crippen molar-refractivity contribution in [3.05, 3.63) is 69.2 Å². The van der Waals surface area contributed by atoms with Gasteiger partial charge in [0, 0.05) is 21.7 Å². The first-order valence-corrected chi connectivity index (χ1v) is 10.8. The molecule has 3 rings (SSSR count). The summed E-state index contributed by atoms with van der Waals surface area (Å²) in [5, 5.41) is 13.7. The molecule has 0 radical (unpaired) electrons. The van der Waals surface area contributed by atoms with Crippen molar-refractivity contribution >= 4 is 35.2 Å². The van der Waals surface area contributed by atoms with Crippen LogP contribution in [0, 0.1) is 17.2 Å². The van der Waals surface area contributed by atoms with E-state index < -0.39 is 0 Å². The molecular weight excluding hydrogens is 419 g/mol. The summed E-state index contributed by atoms with van der Waals surface area (Å²) in [5.41, 5.74) is 1.52. The molecule has 1 N–H and O–H groups in total. The lowest BCUT2D eigenvalue weighted by atomic mass is 9.86. The third-order valence-electron chi connectivity index (χ3n) is 5.35. The number of carbonyl (C=O) groups excluding carboxylic acids is 1. The molecule has 1 fully saturated rings. The number of nitrogens with one attached hydrogen (secondary N) is 1. The Kier molecular flexibility index (Phi) is 7.79. The zero-order valence-corrected chi connectivity index (χ0v) is 18.3. The average molecular weight is 443 g/mol. The van der Waals surface area contributed by atoms with Crippen molar-refractivity contribution in [1.82, 2.24) is 5.32 Å². The van der Waals surface area contributed by atoms with Gasteiger partial charge in [-0.3, -0.25) is 4.79 Å². The van der Waals surface area contributed by atoms with E-state index >= 15 is 0 Å². The number of hydrogen-bond acceptors (Lipinski definition) is 3. The van der Waals surface area contributed by atoms with Crippen LogP contribution in [0.25, 0.3) is 6.08 Å². The Hall–Kier alpha value is -2.48. The second-order valence-electron chi connectivity index (χ2n) is 7.61. The Morgan fingerprint density at radius 1 is 1.20 bits per heavy atom. The number of hydrogen-bond donors (Lipinski definition) is 1. The topological polar surface area (TPSA) is 62.1 Å². The summed E-state index contributed by atoms with van der Waals surface area (Å²) >= 11 is 12.2. The lowest BCUT2D eigenvalue weighted by Gasteiger charge is -2.29. The molecule has 0 spiro atoms. The first kappa shape index (κ1) is 22.2. The molecule has 0 saturated heterocycles. The predicted octanol–water partition coefficient (Wildman–Crippen LogP) is 6.17. The summed E-state index contributed by atoms with van der Waals surface area (Å²) in [6.07, 6.45) is 5.84. The SMILES string of the molecule is C[C@H]1CCCC[C@@H]1NC(=O)/C(C#N)=C/c1cc(Cl)ccc1OCc1cccc(Cl)c1. The van der Waals surface area contributed by atoms with Crippen LogP contribution >= 0.6 is 23.2 Å². The van der Waals surface area contributed by atoms with Gasteiger partial charge in [-0.05, 0) is 60.7 Å². The van der Waals surface area contributed by atoms with Gasteiger partial charge < -0.3 is 10.1 Å². The number of amides is 1. The summed E-state index contributed by atoms with van der Waals surface area (Å²) in [4.78, 5) is 12.7. The summed E-state index contributed by atoms with van der Waals surface area (Å²) in [6, 6.07) is 14.6. The Morgan fingerprint density at radius 3 is 2.70 bits per heavy atom. The van der Waals surface area contributed by atoms with Crippen LogP contribution in [-0.4, -0.2) is 11.9 Å². The number of halogens is 2. The van der Waals surface area contributed by atoms with Crippen molar-refractivity contribution < 1.29 is 9.53 Å². The van der Waals surface area contributed by atoms with Crippen LogP contribution in [0.5, 0.6) is 5.75 Å². The van der Waals surface area contributed by atoms with E-state index in [0.717, 1.165) is 24.8 Å². The van der Waals surface area contributed by atoms with Crippen LogP contribution in [-0.2, 0) is 11.4 Å². The molecule has 1 aliphatic carbocycles. The molecule has 2 aromatic carbocycles. The van der Waals surface area contributed by atoms with Gasteiger partial charge in [-0.1, -0.05) is 55.1 Å². The monoisotopic (exact) mass is 442 g/mol. The Balaban J connectivity index is 1.78. The van der Waals surface area contributed by atoms with E-state index in [2.05, 4.69) is 12.2 Å². The Bertz CT molecular complexity index is 981. The fourth-order valence-corrected chi connectivity index (χ4v) is 4.03. The summed E-state index contributed by atoms with van der Waals surface area (Å²) < 4.78 is 5.92. The fraction of sp³-hybridized carbons (Fsp3) is 0.333. The highest BCUT2D eigenvalue weighted by atomic mass is 35.5. The lowest BCUT2D eigenvalue weighted by Crippen LogP contribution is -2.41. The molecule has 1 amide bonds. The van der Waals surface area contributed by atoms with Crippen LogP contribution < -0.4 is 10.1 Å². The van der Waals surface area contributed by atoms with Gasteiger partial charge in [0.2, 0.25) is 0 Å². The smallest absolute Gasteiger partial charge is 0.262 e. The van der Waals surface area contributed by atoms with Gasteiger partial charge in [0.15, 0.2) is 0 Å². The molecule has 0 bridgehead atoms. The normalized spacial score (nSPS) is 19.1. The zero-order chi connectivity index (χ0) is 21.5. The predicted molar refractivity (Wildman–Crippen MR) is 120 cm³/mol. The Morgan fingerprint density at radius 2 is 1.97 bits per heavy atom. The highest BCUT2D eigenvalue weighted by Crippen LogP contribution is 2.27. The number of nitrogens with zero attached hydrogens (tertiary/aromatic N) is 1. The molecule has 2 atom stereocenters. The number of ether oxygens (including phenoxy) is 1. The quantitative estimate of drug-likeness (QED) is 0.429. The number of nitriles is 1. The maximum Gasteiger partial charge on any atom is 0.262 e. The van der Waals surface area contributed by atoms with Crippen molar-refractivity contribution in [3.63, 3.8) is 0 Å². The molecule has 6 heteroatoms. The van der Waals surface area contributed by atoms with Crippen molar-refractivity contribution in [2.45, 2.75) is 45.3 Å². The fourth-order valence-electron chi connectivity index (χ4n) is 3.63. The highest BCUT2D eigenvalue weighted by molar-refractivity contribution is 6.31.